The van der Waals surface area contributed by atoms with Gasteiger partial charge in [-0.1, -0.05) is 6.07 Å². The van der Waals surface area contributed by atoms with Crippen LogP contribution in [0.2, 0.25) is 0 Å². The van der Waals surface area contributed by atoms with Crippen molar-refractivity contribution < 1.29 is 13.2 Å². The van der Waals surface area contributed by atoms with Gasteiger partial charge in [-0.25, -0.2) is 13.1 Å². The second kappa shape index (κ2) is 6.89. The molecule has 1 heterocycles. The molecule has 118 valence electrons. The number of hydrogen-bond donors (Lipinski definition) is 1. The molecule has 0 aliphatic carbocycles. The summed E-state index contributed by atoms with van der Waals surface area (Å²) in [5, 5.41) is 0. The average molecular weight is 320 g/mol. The standard InChI is InChI=1S/C16H20N2O3S/c1-4-21-15-8-13(3)16(9-12(15)2)22(19,20)18-11-14-6-5-7-17-10-14/h5-10,18H,4,11H2,1-3H3. The monoisotopic (exact) mass is 320 g/mol. The lowest BCUT2D eigenvalue weighted by atomic mass is 10.1. The van der Waals surface area contributed by atoms with E-state index < -0.39 is 10.0 Å². The Kier molecular flexibility index (Phi) is 5.15. The number of aromatic nitrogens is 1. The van der Waals surface area contributed by atoms with Gasteiger partial charge in [-0.3, -0.25) is 4.98 Å². The largest absolute Gasteiger partial charge is 0.494 e. The van der Waals surface area contributed by atoms with Gasteiger partial charge in [0.05, 0.1) is 11.5 Å². The molecule has 22 heavy (non-hydrogen) atoms. The molecule has 2 aromatic rings. The maximum atomic E-state index is 12.5. The van der Waals surface area contributed by atoms with Gasteiger partial charge in [0.1, 0.15) is 5.75 Å². The first-order valence-electron chi connectivity index (χ1n) is 7.06. The van der Waals surface area contributed by atoms with E-state index in [2.05, 4.69) is 9.71 Å². The minimum atomic E-state index is -3.58. The number of pyridine rings is 1. The van der Waals surface area contributed by atoms with Gasteiger partial charge in [0.25, 0.3) is 0 Å². The first kappa shape index (κ1) is 16.5. The molecule has 0 spiro atoms. The number of sulfonamides is 1. The van der Waals surface area contributed by atoms with Gasteiger partial charge >= 0.3 is 0 Å². The molecule has 2 rings (SSSR count). The van der Waals surface area contributed by atoms with Crippen molar-refractivity contribution in [3.8, 4) is 5.75 Å². The molecule has 1 aromatic heterocycles. The van der Waals surface area contributed by atoms with E-state index >= 15 is 0 Å². The number of ether oxygens (including phenoxy) is 1. The molecule has 6 heteroatoms. The molecule has 0 amide bonds. The van der Waals surface area contributed by atoms with Gasteiger partial charge in [0.2, 0.25) is 10.0 Å². The van der Waals surface area contributed by atoms with E-state index in [9.17, 15) is 8.42 Å². The fraction of sp³-hybridized carbons (Fsp3) is 0.312. The summed E-state index contributed by atoms with van der Waals surface area (Å²) in [5.41, 5.74) is 2.27. The Bertz CT molecular complexity index is 743. The molecular weight excluding hydrogens is 300 g/mol. The Morgan fingerprint density at radius 2 is 2.00 bits per heavy atom. The van der Waals surface area contributed by atoms with Crippen molar-refractivity contribution in [1.29, 1.82) is 0 Å². The van der Waals surface area contributed by atoms with Crippen molar-refractivity contribution in [2.24, 2.45) is 0 Å². The van der Waals surface area contributed by atoms with Crippen LogP contribution in [0.25, 0.3) is 0 Å². The molecule has 0 bridgehead atoms. The zero-order valence-corrected chi connectivity index (χ0v) is 13.8. The van der Waals surface area contributed by atoms with Crippen molar-refractivity contribution >= 4 is 10.0 Å². The molecule has 0 aliphatic heterocycles. The van der Waals surface area contributed by atoms with Gasteiger partial charge in [0.15, 0.2) is 0 Å². The van der Waals surface area contributed by atoms with E-state index in [0.29, 0.717) is 17.9 Å². The Morgan fingerprint density at radius 1 is 1.23 bits per heavy atom. The number of benzene rings is 1. The van der Waals surface area contributed by atoms with Crippen LogP contribution < -0.4 is 9.46 Å². The van der Waals surface area contributed by atoms with E-state index in [1.54, 1.807) is 37.5 Å². The molecule has 0 unspecified atom stereocenters. The van der Waals surface area contributed by atoms with Crippen LogP contribution in [-0.2, 0) is 16.6 Å². The highest BCUT2D eigenvalue weighted by atomic mass is 32.2. The van der Waals surface area contributed by atoms with Crippen LogP contribution in [0, 0.1) is 13.8 Å². The summed E-state index contributed by atoms with van der Waals surface area (Å²) in [6, 6.07) is 7.01. The summed E-state index contributed by atoms with van der Waals surface area (Å²) in [4.78, 5) is 4.25. The third kappa shape index (κ3) is 3.84. The molecule has 0 radical (unpaired) electrons. The minimum absolute atomic E-state index is 0.210. The van der Waals surface area contributed by atoms with Crippen LogP contribution in [0.4, 0.5) is 0 Å². The van der Waals surface area contributed by atoms with Crippen LogP contribution in [0.5, 0.6) is 5.75 Å². The maximum absolute atomic E-state index is 12.5. The van der Waals surface area contributed by atoms with Gasteiger partial charge < -0.3 is 4.74 Å². The summed E-state index contributed by atoms with van der Waals surface area (Å²) >= 11 is 0. The van der Waals surface area contributed by atoms with E-state index in [1.165, 1.54) is 0 Å². The number of aryl methyl sites for hydroxylation is 2. The third-order valence-corrected chi connectivity index (χ3v) is 4.79. The van der Waals surface area contributed by atoms with Crippen molar-refractivity contribution in [3.63, 3.8) is 0 Å². The van der Waals surface area contributed by atoms with E-state index in [1.807, 2.05) is 19.9 Å². The predicted octanol–water partition coefficient (Wildman–Crippen LogP) is 2.58. The highest BCUT2D eigenvalue weighted by molar-refractivity contribution is 7.89. The lowest BCUT2D eigenvalue weighted by Gasteiger charge is -2.13. The number of nitrogens with one attached hydrogen (secondary N) is 1. The topological polar surface area (TPSA) is 68.3 Å². The second-order valence-corrected chi connectivity index (χ2v) is 6.74. The summed E-state index contributed by atoms with van der Waals surface area (Å²) in [5.74, 6) is 0.714. The molecular formula is C16H20N2O3S. The molecule has 0 saturated heterocycles. The average Bonchev–Trinajstić information content (AvgIpc) is 2.50. The van der Waals surface area contributed by atoms with E-state index in [-0.39, 0.29) is 11.4 Å². The Labute approximate surface area is 131 Å². The van der Waals surface area contributed by atoms with Gasteiger partial charge in [-0.05, 0) is 55.7 Å². The minimum Gasteiger partial charge on any atom is -0.494 e. The van der Waals surface area contributed by atoms with Crippen LogP contribution in [0.1, 0.15) is 23.6 Å². The molecule has 0 fully saturated rings. The van der Waals surface area contributed by atoms with Crippen LogP contribution in [0.3, 0.4) is 0 Å². The molecule has 0 atom stereocenters. The van der Waals surface area contributed by atoms with E-state index in [4.69, 9.17) is 4.74 Å². The fourth-order valence-electron chi connectivity index (χ4n) is 2.12. The number of rotatable bonds is 6. The molecule has 5 nitrogen and oxygen atoms in total. The summed E-state index contributed by atoms with van der Waals surface area (Å²) in [6.45, 7) is 6.26. The van der Waals surface area contributed by atoms with Crippen molar-refractivity contribution in [2.45, 2.75) is 32.2 Å². The Morgan fingerprint density at radius 3 is 2.64 bits per heavy atom. The number of hydrogen-bond acceptors (Lipinski definition) is 4. The summed E-state index contributed by atoms with van der Waals surface area (Å²) < 4.78 is 33.0. The quantitative estimate of drug-likeness (QED) is 0.888. The fourth-order valence-corrected chi connectivity index (χ4v) is 3.45. The van der Waals surface area contributed by atoms with Gasteiger partial charge in [-0.15, -0.1) is 0 Å². The van der Waals surface area contributed by atoms with Gasteiger partial charge in [0, 0.05) is 18.9 Å². The maximum Gasteiger partial charge on any atom is 0.241 e. The van der Waals surface area contributed by atoms with Crippen LogP contribution >= 0.6 is 0 Å². The molecule has 1 N–H and O–H groups in total. The van der Waals surface area contributed by atoms with Gasteiger partial charge in [-0.2, -0.15) is 0 Å². The van der Waals surface area contributed by atoms with Crippen molar-refractivity contribution in [3.05, 3.63) is 53.3 Å². The lowest BCUT2D eigenvalue weighted by molar-refractivity contribution is 0.337. The first-order chi connectivity index (χ1) is 10.4. The SMILES string of the molecule is CCOc1cc(C)c(S(=O)(=O)NCc2cccnc2)cc1C. The molecule has 1 aromatic carbocycles. The van der Waals surface area contributed by atoms with E-state index in [0.717, 1.165) is 11.1 Å². The number of nitrogens with zero attached hydrogens (tertiary/aromatic N) is 1. The molecule has 0 saturated carbocycles. The lowest BCUT2D eigenvalue weighted by Crippen LogP contribution is -2.24. The zero-order valence-electron chi connectivity index (χ0n) is 13.0. The summed E-state index contributed by atoms with van der Waals surface area (Å²) in [7, 11) is -3.58. The van der Waals surface area contributed by atoms with Crippen LogP contribution in [0.15, 0.2) is 41.6 Å². The molecule has 0 aliphatic rings. The third-order valence-electron chi connectivity index (χ3n) is 3.25. The summed E-state index contributed by atoms with van der Waals surface area (Å²) in [6.07, 6.45) is 3.29. The second-order valence-electron chi connectivity index (χ2n) is 5.00. The highest BCUT2D eigenvalue weighted by Gasteiger charge is 2.18. The highest BCUT2D eigenvalue weighted by Crippen LogP contribution is 2.25. The zero-order chi connectivity index (χ0) is 16.2. The Hall–Kier alpha value is -1.92. The van der Waals surface area contributed by atoms with Crippen LogP contribution in [-0.4, -0.2) is 20.0 Å². The predicted molar refractivity (Wildman–Crippen MR) is 85.3 cm³/mol. The smallest absolute Gasteiger partial charge is 0.241 e. The normalized spacial score (nSPS) is 11.4. The first-order valence-corrected chi connectivity index (χ1v) is 8.55. The Balaban J connectivity index is 2.24. The van der Waals surface area contributed by atoms with Crippen molar-refractivity contribution in [2.75, 3.05) is 6.61 Å². The van der Waals surface area contributed by atoms with Crippen molar-refractivity contribution in [1.82, 2.24) is 9.71 Å².